The summed E-state index contributed by atoms with van der Waals surface area (Å²) in [5, 5.41) is 2.94. The van der Waals surface area contributed by atoms with Gasteiger partial charge in [0.15, 0.2) is 0 Å². The molecule has 0 bridgehead atoms. The van der Waals surface area contributed by atoms with Gasteiger partial charge in [0.2, 0.25) is 0 Å². The smallest absolute Gasteiger partial charge is 0.326 e. The number of benzene rings is 2. The fraction of sp³-hybridized carbons (Fsp3) is 0.462. The Kier molecular flexibility index (Phi) is 6.08. The van der Waals surface area contributed by atoms with Crippen molar-refractivity contribution in [2.75, 3.05) is 39.5 Å². The molecule has 33 heavy (non-hydrogen) atoms. The van der Waals surface area contributed by atoms with Crippen molar-refractivity contribution in [1.29, 1.82) is 0 Å². The number of amides is 3. The number of ether oxygens (including phenoxy) is 1. The van der Waals surface area contributed by atoms with Crippen molar-refractivity contribution in [1.82, 2.24) is 20.0 Å². The Balaban J connectivity index is 1.12. The van der Waals surface area contributed by atoms with Gasteiger partial charge in [-0.3, -0.25) is 14.6 Å². The minimum atomic E-state index is -0.841. The third-order valence-electron chi connectivity index (χ3n) is 7.07. The normalized spacial score (nSPS) is 23.5. The standard InChI is InChI=1S/C26H32N4O3/c1-26(11-9-20-5-3-2-4-6-20)24(31)30(25(32)27-26)19-29-14-12-28(13-15-29)18-21-7-8-23-22(17-21)10-16-33-23/h2-8,17H,9-16,18-19H2,1H3,(H,27,32)/t26-/m0/s1. The number of hydrogen-bond acceptors (Lipinski definition) is 5. The Morgan fingerprint density at radius 2 is 1.73 bits per heavy atom. The van der Waals surface area contributed by atoms with E-state index in [0.717, 1.165) is 57.9 Å². The van der Waals surface area contributed by atoms with Crippen LogP contribution in [0.4, 0.5) is 4.79 Å². The molecule has 3 amide bonds. The lowest BCUT2D eigenvalue weighted by atomic mass is 9.93. The van der Waals surface area contributed by atoms with Crippen LogP contribution in [0.3, 0.4) is 0 Å². The van der Waals surface area contributed by atoms with Gasteiger partial charge in [-0.1, -0.05) is 42.5 Å². The zero-order chi connectivity index (χ0) is 22.8. The van der Waals surface area contributed by atoms with Crippen molar-refractivity contribution in [3.05, 3.63) is 65.2 Å². The van der Waals surface area contributed by atoms with E-state index in [-0.39, 0.29) is 11.9 Å². The van der Waals surface area contributed by atoms with Crippen LogP contribution in [0.2, 0.25) is 0 Å². The molecule has 0 spiro atoms. The number of hydrogen-bond donors (Lipinski definition) is 1. The molecule has 174 valence electrons. The largest absolute Gasteiger partial charge is 0.493 e. The molecule has 5 rings (SSSR count). The molecule has 0 radical (unpaired) electrons. The van der Waals surface area contributed by atoms with E-state index in [4.69, 9.17) is 4.74 Å². The van der Waals surface area contributed by atoms with Crippen LogP contribution in [0.25, 0.3) is 0 Å². The van der Waals surface area contributed by atoms with Gasteiger partial charge in [0.25, 0.3) is 5.91 Å². The van der Waals surface area contributed by atoms with E-state index in [9.17, 15) is 9.59 Å². The van der Waals surface area contributed by atoms with E-state index in [2.05, 4.69) is 45.4 Å². The quantitative estimate of drug-likeness (QED) is 0.660. The lowest BCUT2D eigenvalue weighted by molar-refractivity contribution is -0.132. The second-order valence-corrected chi connectivity index (χ2v) is 9.56. The SMILES string of the molecule is C[C@@]1(CCc2ccccc2)NC(=O)N(CN2CCN(Cc3ccc4c(c3)CCO4)CC2)C1=O. The highest BCUT2D eigenvalue weighted by Crippen LogP contribution is 2.27. The van der Waals surface area contributed by atoms with Gasteiger partial charge in [-0.25, -0.2) is 9.69 Å². The number of carbonyl (C=O) groups excluding carboxylic acids is 2. The third-order valence-corrected chi connectivity index (χ3v) is 7.07. The molecule has 1 N–H and O–H groups in total. The fourth-order valence-electron chi connectivity index (χ4n) is 4.97. The molecule has 2 aromatic rings. The summed E-state index contributed by atoms with van der Waals surface area (Å²) in [4.78, 5) is 31.8. The number of imide groups is 1. The third kappa shape index (κ3) is 4.75. The summed E-state index contributed by atoms with van der Waals surface area (Å²) in [6.45, 7) is 7.42. The molecule has 1 atom stereocenters. The first kappa shape index (κ1) is 21.9. The van der Waals surface area contributed by atoms with Gasteiger partial charge >= 0.3 is 6.03 Å². The predicted molar refractivity (Wildman–Crippen MR) is 126 cm³/mol. The van der Waals surface area contributed by atoms with Gasteiger partial charge in [0.1, 0.15) is 11.3 Å². The van der Waals surface area contributed by atoms with Gasteiger partial charge in [-0.05, 0) is 42.5 Å². The van der Waals surface area contributed by atoms with E-state index < -0.39 is 5.54 Å². The Bertz CT molecular complexity index is 1020. The van der Waals surface area contributed by atoms with Crippen LogP contribution in [0.5, 0.6) is 5.75 Å². The number of urea groups is 1. The van der Waals surface area contributed by atoms with Gasteiger partial charge in [-0.15, -0.1) is 0 Å². The number of rotatable bonds is 7. The summed E-state index contributed by atoms with van der Waals surface area (Å²) in [5.41, 5.74) is 2.95. The van der Waals surface area contributed by atoms with Crippen molar-refractivity contribution in [3.63, 3.8) is 0 Å². The van der Waals surface area contributed by atoms with Gasteiger partial charge in [0, 0.05) is 39.1 Å². The lowest BCUT2D eigenvalue weighted by Crippen LogP contribution is -2.51. The zero-order valence-electron chi connectivity index (χ0n) is 19.3. The second kappa shape index (κ2) is 9.15. The molecule has 2 saturated heterocycles. The lowest BCUT2D eigenvalue weighted by Gasteiger charge is -2.36. The number of nitrogens with one attached hydrogen (secondary N) is 1. The molecule has 0 saturated carbocycles. The molecule has 2 fully saturated rings. The Labute approximate surface area is 195 Å². The molecular weight excluding hydrogens is 416 g/mol. The van der Waals surface area contributed by atoms with Gasteiger partial charge in [0.05, 0.1) is 13.3 Å². The molecule has 0 aromatic heterocycles. The molecule has 0 unspecified atom stereocenters. The first-order valence-corrected chi connectivity index (χ1v) is 11.9. The van der Waals surface area contributed by atoms with E-state index >= 15 is 0 Å². The first-order valence-electron chi connectivity index (χ1n) is 11.9. The first-order chi connectivity index (χ1) is 16.0. The minimum absolute atomic E-state index is 0.119. The average Bonchev–Trinajstić information content (AvgIpc) is 3.38. The van der Waals surface area contributed by atoms with Gasteiger partial charge < -0.3 is 10.1 Å². The summed E-state index contributed by atoms with van der Waals surface area (Å²) in [7, 11) is 0. The van der Waals surface area contributed by atoms with Crippen molar-refractivity contribution in [2.45, 2.75) is 38.3 Å². The van der Waals surface area contributed by atoms with Crippen LogP contribution in [-0.2, 0) is 24.2 Å². The van der Waals surface area contributed by atoms with Crippen LogP contribution in [-0.4, -0.2) is 71.6 Å². The molecular formula is C26H32N4O3. The zero-order valence-corrected chi connectivity index (χ0v) is 19.3. The number of piperazine rings is 1. The predicted octanol–water partition coefficient (Wildman–Crippen LogP) is 2.64. The number of nitrogens with zero attached hydrogens (tertiary/aromatic N) is 3. The molecule has 3 aliphatic heterocycles. The van der Waals surface area contributed by atoms with Crippen molar-refractivity contribution >= 4 is 11.9 Å². The van der Waals surface area contributed by atoms with Crippen molar-refractivity contribution in [2.24, 2.45) is 0 Å². The maximum atomic E-state index is 13.1. The summed E-state index contributed by atoms with van der Waals surface area (Å²) in [5.74, 6) is 0.902. The topological polar surface area (TPSA) is 65.1 Å². The van der Waals surface area contributed by atoms with Crippen LogP contribution in [0.1, 0.15) is 30.0 Å². The Morgan fingerprint density at radius 3 is 2.52 bits per heavy atom. The molecule has 7 heteroatoms. The second-order valence-electron chi connectivity index (χ2n) is 9.56. The summed E-state index contributed by atoms with van der Waals surface area (Å²) in [6, 6.07) is 16.3. The van der Waals surface area contributed by atoms with E-state index in [1.807, 2.05) is 25.1 Å². The molecule has 2 aromatic carbocycles. The number of carbonyl (C=O) groups is 2. The number of fused-ring (bicyclic) bond motifs is 1. The van der Waals surface area contributed by atoms with Crippen molar-refractivity contribution in [3.8, 4) is 5.75 Å². The average molecular weight is 449 g/mol. The van der Waals surface area contributed by atoms with E-state index in [1.165, 1.54) is 21.6 Å². The summed E-state index contributed by atoms with van der Waals surface area (Å²) in [6.07, 6.45) is 2.34. The van der Waals surface area contributed by atoms with E-state index in [1.54, 1.807) is 0 Å². The summed E-state index contributed by atoms with van der Waals surface area (Å²) >= 11 is 0. The number of aryl methyl sites for hydroxylation is 1. The Morgan fingerprint density at radius 1 is 0.970 bits per heavy atom. The highest BCUT2D eigenvalue weighted by atomic mass is 16.5. The monoisotopic (exact) mass is 448 g/mol. The molecule has 3 aliphatic rings. The molecule has 0 aliphatic carbocycles. The minimum Gasteiger partial charge on any atom is -0.493 e. The van der Waals surface area contributed by atoms with E-state index in [0.29, 0.717) is 13.1 Å². The van der Waals surface area contributed by atoms with Crippen molar-refractivity contribution < 1.29 is 14.3 Å². The highest BCUT2D eigenvalue weighted by molar-refractivity contribution is 6.06. The molecule has 3 heterocycles. The maximum Gasteiger partial charge on any atom is 0.326 e. The Hall–Kier alpha value is -2.90. The molecule has 7 nitrogen and oxygen atoms in total. The summed E-state index contributed by atoms with van der Waals surface area (Å²) < 4.78 is 5.61. The fourth-order valence-corrected chi connectivity index (χ4v) is 4.97. The van der Waals surface area contributed by atoms with Crippen LogP contribution in [0, 0.1) is 0 Å². The highest BCUT2D eigenvalue weighted by Gasteiger charge is 2.47. The van der Waals surface area contributed by atoms with Crippen LogP contribution in [0.15, 0.2) is 48.5 Å². The van der Waals surface area contributed by atoms with Crippen LogP contribution >= 0.6 is 0 Å². The van der Waals surface area contributed by atoms with Crippen LogP contribution < -0.4 is 10.1 Å². The maximum absolute atomic E-state index is 13.1. The van der Waals surface area contributed by atoms with Gasteiger partial charge in [-0.2, -0.15) is 0 Å².